The molecule has 0 aliphatic rings. The van der Waals surface area contributed by atoms with E-state index in [1.54, 1.807) is 0 Å². The molecule has 0 unspecified atom stereocenters. The molecule has 0 saturated heterocycles. The Bertz CT molecular complexity index is 910. The average molecular weight is 401 g/mol. The van der Waals surface area contributed by atoms with Gasteiger partial charge in [0, 0.05) is 48.8 Å². The van der Waals surface area contributed by atoms with E-state index in [0.29, 0.717) is 0 Å². The Morgan fingerprint density at radius 3 is 2.03 bits per heavy atom. The highest BCUT2D eigenvalue weighted by Gasteiger charge is 2.13. The molecule has 30 heavy (non-hydrogen) atoms. The van der Waals surface area contributed by atoms with E-state index in [-0.39, 0.29) is 0 Å². The second kappa shape index (κ2) is 10.7. The van der Waals surface area contributed by atoms with Crippen molar-refractivity contribution in [1.82, 2.24) is 0 Å². The van der Waals surface area contributed by atoms with Crippen LogP contribution in [0.3, 0.4) is 0 Å². The van der Waals surface area contributed by atoms with Gasteiger partial charge in [-0.05, 0) is 80.3 Å². The largest absolute Gasteiger partial charge is 0.385 e. The molecule has 1 radical (unpaired) electrons. The van der Waals surface area contributed by atoms with Crippen molar-refractivity contribution in [1.29, 1.82) is 0 Å². The summed E-state index contributed by atoms with van der Waals surface area (Å²) in [6.07, 6.45) is 1.12. The van der Waals surface area contributed by atoms with Gasteiger partial charge in [-0.3, -0.25) is 0 Å². The van der Waals surface area contributed by atoms with Crippen LogP contribution in [0.4, 0.5) is 17.1 Å². The third kappa shape index (κ3) is 4.96. The highest BCUT2D eigenvalue weighted by atomic mass is 15.1. The van der Waals surface area contributed by atoms with E-state index in [9.17, 15) is 0 Å². The van der Waals surface area contributed by atoms with Crippen LogP contribution in [0.15, 0.2) is 60.7 Å². The van der Waals surface area contributed by atoms with E-state index in [1.165, 1.54) is 22.4 Å². The number of rotatable bonds is 10. The van der Waals surface area contributed by atoms with E-state index in [1.807, 2.05) is 6.07 Å². The van der Waals surface area contributed by atoms with Crippen LogP contribution in [-0.4, -0.2) is 26.2 Å². The minimum atomic E-state index is 0.882. The summed E-state index contributed by atoms with van der Waals surface area (Å²) >= 11 is 0. The zero-order valence-electron chi connectivity index (χ0n) is 18.8. The number of hydrogen-bond donors (Lipinski definition) is 2. The van der Waals surface area contributed by atoms with Crippen LogP contribution in [0.5, 0.6) is 0 Å². The molecule has 3 heteroatoms. The summed E-state index contributed by atoms with van der Waals surface area (Å²) in [4.78, 5) is 2.37. The summed E-state index contributed by atoms with van der Waals surface area (Å²) in [5, 5.41) is 7.00. The predicted molar refractivity (Wildman–Crippen MR) is 133 cm³/mol. The highest BCUT2D eigenvalue weighted by Crippen LogP contribution is 2.38. The molecule has 0 aromatic heterocycles. The van der Waals surface area contributed by atoms with Crippen molar-refractivity contribution >= 4 is 17.1 Å². The predicted octanol–water partition coefficient (Wildman–Crippen LogP) is 6.92. The first-order valence-electron chi connectivity index (χ1n) is 11.2. The van der Waals surface area contributed by atoms with Crippen molar-refractivity contribution in [2.24, 2.45) is 0 Å². The molecule has 3 nitrogen and oxygen atoms in total. The lowest BCUT2D eigenvalue weighted by Gasteiger charge is -2.22. The minimum Gasteiger partial charge on any atom is -0.385 e. The van der Waals surface area contributed by atoms with Gasteiger partial charge in [-0.25, -0.2) is 0 Å². The lowest BCUT2D eigenvalue weighted by molar-refractivity contribution is 0.866. The Balaban J connectivity index is 2.02. The third-order valence-corrected chi connectivity index (χ3v) is 5.40. The molecular weight excluding hydrogens is 366 g/mol. The quantitative estimate of drug-likeness (QED) is 0.387. The van der Waals surface area contributed by atoms with Crippen molar-refractivity contribution in [3.8, 4) is 22.3 Å². The fraction of sp³-hybridized carbons (Fsp3) is 0.333. The van der Waals surface area contributed by atoms with Crippen LogP contribution in [-0.2, 0) is 0 Å². The van der Waals surface area contributed by atoms with E-state index in [2.05, 4.69) is 104 Å². The maximum atomic E-state index is 3.54. The second-order valence-corrected chi connectivity index (χ2v) is 7.39. The van der Waals surface area contributed by atoms with Crippen molar-refractivity contribution in [3.05, 3.63) is 66.7 Å². The van der Waals surface area contributed by atoms with Crippen LogP contribution in [0.2, 0.25) is 0 Å². The smallest absolute Gasteiger partial charge is 0.0426 e. The molecule has 3 rings (SSSR count). The van der Waals surface area contributed by atoms with Crippen molar-refractivity contribution in [3.63, 3.8) is 0 Å². The van der Waals surface area contributed by atoms with E-state index < -0.39 is 0 Å². The maximum Gasteiger partial charge on any atom is 0.0426 e. The molecule has 3 aromatic rings. The van der Waals surface area contributed by atoms with Gasteiger partial charge < -0.3 is 15.5 Å². The third-order valence-electron chi connectivity index (χ3n) is 5.40. The SMILES string of the molecule is CCCNc1ccc(-c2c(-c3ccc(N(CC)CC)cc3)[c]ccc2NCC)cc1. The van der Waals surface area contributed by atoms with E-state index >= 15 is 0 Å². The fourth-order valence-electron chi connectivity index (χ4n) is 3.82. The molecule has 0 spiro atoms. The van der Waals surface area contributed by atoms with Gasteiger partial charge in [-0.15, -0.1) is 0 Å². The summed E-state index contributed by atoms with van der Waals surface area (Å²) in [5.41, 5.74) is 8.30. The molecule has 2 N–H and O–H groups in total. The molecule has 0 aliphatic carbocycles. The molecule has 157 valence electrons. The fourth-order valence-corrected chi connectivity index (χ4v) is 3.82. The summed E-state index contributed by atoms with van der Waals surface area (Å²) in [5.74, 6) is 0. The van der Waals surface area contributed by atoms with Crippen molar-refractivity contribution in [2.75, 3.05) is 41.7 Å². The van der Waals surface area contributed by atoms with Gasteiger partial charge >= 0.3 is 0 Å². The Hall–Kier alpha value is -2.94. The Labute approximate surface area is 182 Å². The van der Waals surface area contributed by atoms with Gasteiger partial charge in [0.05, 0.1) is 0 Å². The highest BCUT2D eigenvalue weighted by molar-refractivity contribution is 5.92. The van der Waals surface area contributed by atoms with Crippen LogP contribution < -0.4 is 15.5 Å². The summed E-state index contributed by atoms with van der Waals surface area (Å²) in [6.45, 7) is 12.6. The molecule has 0 saturated carbocycles. The summed E-state index contributed by atoms with van der Waals surface area (Å²) in [7, 11) is 0. The molecule has 0 fully saturated rings. The molecule has 0 heterocycles. The standard InChI is InChI=1S/C27H34N3/c1-5-20-29-23-16-12-22(13-17-23)27-25(10-9-11-26(27)28-6-2)21-14-18-24(19-15-21)30(7-3)8-4/h9,11-19,28-29H,5-8,20H2,1-4H3. The molecular formula is C27H34N3. The van der Waals surface area contributed by atoms with Gasteiger partial charge in [0.1, 0.15) is 0 Å². The Morgan fingerprint density at radius 2 is 1.43 bits per heavy atom. The first-order valence-corrected chi connectivity index (χ1v) is 11.2. The topological polar surface area (TPSA) is 27.3 Å². The first kappa shape index (κ1) is 21.8. The molecule has 0 aliphatic heterocycles. The average Bonchev–Trinajstić information content (AvgIpc) is 2.79. The van der Waals surface area contributed by atoms with Gasteiger partial charge in [0.15, 0.2) is 0 Å². The first-order chi connectivity index (χ1) is 14.7. The number of nitrogens with one attached hydrogen (secondary N) is 2. The summed E-state index contributed by atoms with van der Waals surface area (Å²) in [6, 6.07) is 25.3. The van der Waals surface area contributed by atoms with Gasteiger partial charge in [-0.1, -0.05) is 37.3 Å². The monoisotopic (exact) mass is 400 g/mol. The van der Waals surface area contributed by atoms with Gasteiger partial charge in [0.25, 0.3) is 0 Å². The zero-order valence-corrected chi connectivity index (χ0v) is 18.8. The number of anilines is 3. The van der Waals surface area contributed by atoms with Crippen LogP contribution in [0.1, 0.15) is 34.1 Å². The lowest BCUT2D eigenvalue weighted by Crippen LogP contribution is -2.21. The molecule has 0 bridgehead atoms. The Morgan fingerprint density at radius 1 is 0.767 bits per heavy atom. The van der Waals surface area contributed by atoms with Crippen molar-refractivity contribution < 1.29 is 0 Å². The number of nitrogens with zero attached hydrogens (tertiary/aromatic N) is 1. The normalized spacial score (nSPS) is 10.7. The lowest BCUT2D eigenvalue weighted by atomic mass is 9.92. The zero-order chi connectivity index (χ0) is 21.3. The number of benzene rings is 3. The van der Waals surface area contributed by atoms with Gasteiger partial charge in [0.2, 0.25) is 0 Å². The van der Waals surface area contributed by atoms with Gasteiger partial charge in [-0.2, -0.15) is 0 Å². The second-order valence-electron chi connectivity index (χ2n) is 7.39. The minimum absolute atomic E-state index is 0.882. The van der Waals surface area contributed by atoms with Crippen LogP contribution >= 0.6 is 0 Å². The van der Waals surface area contributed by atoms with Crippen LogP contribution in [0, 0.1) is 6.07 Å². The molecule has 3 aromatic carbocycles. The molecule has 0 atom stereocenters. The van der Waals surface area contributed by atoms with E-state index in [4.69, 9.17) is 0 Å². The van der Waals surface area contributed by atoms with Crippen LogP contribution in [0.25, 0.3) is 22.3 Å². The Kier molecular flexibility index (Phi) is 7.78. The van der Waals surface area contributed by atoms with E-state index in [0.717, 1.165) is 49.5 Å². The maximum absolute atomic E-state index is 3.54. The van der Waals surface area contributed by atoms with Crippen molar-refractivity contribution in [2.45, 2.75) is 34.1 Å². The molecule has 0 amide bonds. The number of hydrogen-bond acceptors (Lipinski definition) is 3. The summed E-state index contributed by atoms with van der Waals surface area (Å²) < 4.78 is 0.